The minimum atomic E-state index is -0.371. The number of hydrogen-bond donors (Lipinski definition) is 1. The van der Waals surface area contributed by atoms with Crippen LogP contribution >= 0.6 is 22.9 Å². The van der Waals surface area contributed by atoms with Crippen LogP contribution in [0.3, 0.4) is 0 Å². The molecule has 1 aromatic heterocycles. The molecule has 5 heteroatoms. The lowest BCUT2D eigenvalue weighted by Crippen LogP contribution is -2.38. The van der Waals surface area contributed by atoms with E-state index in [1.165, 1.54) is 4.88 Å². The Morgan fingerprint density at radius 3 is 2.71 bits per heavy atom. The molecule has 2 N–H and O–H groups in total. The van der Waals surface area contributed by atoms with Crippen molar-refractivity contribution in [1.82, 2.24) is 4.90 Å². The van der Waals surface area contributed by atoms with E-state index in [1.807, 2.05) is 13.1 Å². The van der Waals surface area contributed by atoms with E-state index in [9.17, 15) is 4.39 Å². The molecular formula is C16H20ClFN2S. The van der Waals surface area contributed by atoms with Crippen LogP contribution in [0.15, 0.2) is 35.7 Å². The first-order chi connectivity index (χ1) is 10.0. The maximum atomic E-state index is 14.2. The highest BCUT2D eigenvalue weighted by Crippen LogP contribution is 2.28. The summed E-state index contributed by atoms with van der Waals surface area (Å²) in [7, 11) is 1.98. The molecule has 0 aliphatic heterocycles. The lowest BCUT2D eigenvalue weighted by atomic mass is 10.0. The molecule has 0 bridgehead atoms. The van der Waals surface area contributed by atoms with Crippen LogP contribution in [0, 0.1) is 5.82 Å². The van der Waals surface area contributed by atoms with Crippen LogP contribution in [-0.4, -0.2) is 24.5 Å². The zero-order valence-electron chi connectivity index (χ0n) is 12.2. The summed E-state index contributed by atoms with van der Waals surface area (Å²) in [5.74, 6) is -0.371. The third-order valence-electron chi connectivity index (χ3n) is 3.83. The average molecular weight is 327 g/mol. The van der Waals surface area contributed by atoms with Gasteiger partial charge in [0.1, 0.15) is 5.82 Å². The Morgan fingerprint density at radius 2 is 2.10 bits per heavy atom. The van der Waals surface area contributed by atoms with Gasteiger partial charge in [-0.15, -0.1) is 11.3 Å². The molecule has 0 spiro atoms. The van der Waals surface area contributed by atoms with E-state index >= 15 is 0 Å². The van der Waals surface area contributed by atoms with Gasteiger partial charge in [0.05, 0.1) is 5.02 Å². The SMILES string of the molecule is CC(Cc1cccs1)N(C)C(CN)c1cccc(Cl)c1F. The summed E-state index contributed by atoms with van der Waals surface area (Å²) in [6.07, 6.45) is 0.923. The number of halogens is 2. The second-order valence-electron chi connectivity index (χ2n) is 5.19. The molecule has 0 aliphatic carbocycles. The van der Waals surface area contributed by atoms with Gasteiger partial charge < -0.3 is 5.73 Å². The highest BCUT2D eigenvalue weighted by Gasteiger charge is 2.24. The van der Waals surface area contributed by atoms with E-state index in [1.54, 1.807) is 29.5 Å². The van der Waals surface area contributed by atoms with Gasteiger partial charge in [0.15, 0.2) is 0 Å². The molecule has 2 unspecified atom stereocenters. The fourth-order valence-corrected chi connectivity index (χ4v) is 3.47. The molecule has 1 aromatic carbocycles. The van der Waals surface area contributed by atoms with E-state index in [0.29, 0.717) is 12.1 Å². The summed E-state index contributed by atoms with van der Waals surface area (Å²) in [6, 6.07) is 9.32. The van der Waals surface area contributed by atoms with Gasteiger partial charge in [-0.2, -0.15) is 0 Å². The minimum absolute atomic E-state index is 0.144. The Bertz CT molecular complexity index is 574. The second-order valence-corrected chi connectivity index (χ2v) is 6.63. The summed E-state index contributed by atoms with van der Waals surface area (Å²) in [4.78, 5) is 3.44. The Balaban J connectivity index is 2.17. The Morgan fingerprint density at radius 1 is 1.33 bits per heavy atom. The Kier molecular flexibility index (Phi) is 5.76. The molecule has 0 saturated carbocycles. The first-order valence-corrected chi connectivity index (χ1v) is 8.18. The van der Waals surface area contributed by atoms with Crippen molar-refractivity contribution in [1.29, 1.82) is 0 Å². The van der Waals surface area contributed by atoms with E-state index < -0.39 is 0 Å². The molecule has 21 heavy (non-hydrogen) atoms. The normalized spacial score (nSPS) is 14.4. The van der Waals surface area contributed by atoms with E-state index in [0.717, 1.165) is 6.42 Å². The molecule has 0 fully saturated rings. The average Bonchev–Trinajstić information content (AvgIpc) is 2.97. The Hall–Kier alpha value is -0.940. The van der Waals surface area contributed by atoms with Gasteiger partial charge in [-0.05, 0) is 37.9 Å². The quantitative estimate of drug-likeness (QED) is 0.865. The molecule has 0 amide bonds. The van der Waals surface area contributed by atoms with Crippen LogP contribution in [0.2, 0.25) is 5.02 Å². The van der Waals surface area contributed by atoms with Crippen LogP contribution in [0.25, 0.3) is 0 Å². The maximum absolute atomic E-state index is 14.2. The topological polar surface area (TPSA) is 29.3 Å². The zero-order valence-corrected chi connectivity index (χ0v) is 13.8. The van der Waals surface area contributed by atoms with Gasteiger partial charge in [0.25, 0.3) is 0 Å². The minimum Gasteiger partial charge on any atom is -0.329 e. The summed E-state index contributed by atoms with van der Waals surface area (Å²) < 4.78 is 14.2. The predicted octanol–water partition coefficient (Wildman–Crippen LogP) is 4.10. The van der Waals surface area contributed by atoms with Crippen molar-refractivity contribution in [2.24, 2.45) is 5.73 Å². The molecule has 0 saturated heterocycles. The lowest BCUT2D eigenvalue weighted by molar-refractivity contribution is 0.185. The molecule has 2 aromatic rings. The van der Waals surface area contributed by atoms with Crippen molar-refractivity contribution in [3.05, 3.63) is 57.0 Å². The smallest absolute Gasteiger partial charge is 0.146 e. The summed E-state index contributed by atoms with van der Waals surface area (Å²) >= 11 is 7.62. The van der Waals surface area contributed by atoms with Crippen LogP contribution in [-0.2, 0) is 6.42 Å². The predicted molar refractivity (Wildman–Crippen MR) is 88.5 cm³/mol. The number of thiophene rings is 1. The molecule has 1 heterocycles. The molecule has 0 radical (unpaired) electrons. The van der Waals surface area contributed by atoms with Crippen LogP contribution < -0.4 is 5.73 Å². The van der Waals surface area contributed by atoms with Crippen LogP contribution in [0.5, 0.6) is 0 Å². The van der Waals surface area contributed by atoms with Gasteiger partial charge in [0, 0.05) is 29.1 Å². The van der Waals surface area contributed by atoms with E-state index in [4.69, 9.17) is 17.3 Å². The molecule has 2 rings (SSSR count). The van der Waals surface area contributed by atoms with Gasteiger partial charge >= 0.3 is 0 Å². The molecule has 0 aliphatic rings. The third kappa shape index (κ3) is 3.83. The highest BCUT2D eigenvalue weighted by molar-refractivity contribution is 7.09. The number of likely N-dealkylation sites (N-methyl/N-ethyl adjacent to an activating group) is 1. The number of rotatable bonds is 6. The third-order valence-corrected chi connectivity index (χ3v) is 5.02. The summed E-state index contributed by atoms with van der Waals surface area (Å²) in [5.41, 5.74) is 6.45. The Labute approximate surface area is 134 Å². The van der Waals surface area contributed by atoms with Crippen molar-refractivity contribution in [3.8, 4) is 0 Å². The molecule has 114 valence electrons. The van der Waals surface area contributed by atoms with Crippen molar-refractivity contribution in [3.63, 3.8) is 0 Å². The van der Waals surface area contributed by atoms with Gasteiger partial charge in [-0.3, -0.25) is 4.90 Å². The van der Waals surface area contributed by atoms with Crippen LogP contribution in [0.4, 0.5) is 4.39 Å². The fourth-order valence-electron chi connectivity index (χ4n) is 2.46. The first kappa shape index (κ1) is 16.4. The summed E-state index contributed by atoms with van der Waals surface area (Å²) in [5, 5.41) is 2.21. The van der Waals surface area contributed by atoms with Crippen LogP contribution in [0.1, 0.15) is 23.4 Å². The lowest BCUT2D eigenvalue weighted by Gasteiger charge is -2.33. The van der Waals surface area contributed by atoms with Gasteiger partial charge in [0.2, 0.25) is 0 Å². The monoisotopic (exact) mass is 326 g/mol. The number of nitrogens with two attached hydrogens (primary N) is 1. The number of benzene rings is 1. The van der Waals surface area contributed by atoms with Gasteiger partial charge in [-0.1, -0.05) is 29.8 Å². The van der Waals surface area contributed by atoms with Gasteiger partial charge in [-0.25, -0.2) is 4.39 Å². The standard InChI is InChI=1S/C16H20ClFN2S/c1-11(9-12-5-4-8-21-12)20(2)15(10-19)13-6-3-7-14(17)16(13)18/h3-8,11,15H,9-10,19H2,1-2H3. The van der Waals surface area contributed by atoms with Crippen molar-refractivity contribution in [2.45, 2.75) is 25.4 Å². The van der Waals surface area contributed by atoms with Crippen molar-refractivity contribution < 1.29 is 4.39 Å². The molecule has 2 atom stereocenters. The van der Waals surface area contributed by atoms with Crippen molar-refractivity contribution >= 4 is 22.9 Å². The second kappa shape index (κ2) is 7.36. The number of nitrogens with zero attached hydrogens (tertiary/aromatic N) is 1. The molecule has 2 nitrogen and oxygen atoms in total. The summed E-state index contributed by atoms with van der Waals surface area (Å²) in [6.45, 7) is 2.48. The number of hydrogen-bond acceptors (Lipinski definition) is 3. The fraction of sp³-hybridized carbons (Fsp3) is 0.375. The molecular weight excluding hydrogens is 307 g/mol. The first-order valence-electron chi connectivity index (χ1n) is 6.93. The maximum Gasteiger partial charge on any atom is 0.146 e. The zero-order chi connectivity index (χ0) is 15.4. The largest absolute Gasteiger partial charge is 0.329 e. The van der Waals surface area contributed by atoms with E-state index in [-0.39, 0.29) is 22.9 Å². The van der Waals surface area contributed by atoms with E-state index in [2.05, 4.69) is 23.3 Å². The van der Waals surface area contributed by atoms with Crippen molar-refractivity contribution in [2.75, 3.05) is 13.6 Å². The highest BCUT2D eigenvalue weighted by atomic mass is 35.5.